The Morgan fingerprint density at radius 2 is 1.24 bits per heavy atom. The van der Waals surface area contributed by atoms with Gasteiger partial charge in [-0.05, 0) is 121 Å². The lowest BCUT2D eigenvalue weighted by Crippen LogP contribution is -2.82. The second-order valence-electron chi connectivity index (χ2n) is 37.7. The number of anilines is 1. The number of ether oxygens (including phenoxy) is 9. The third-order valence-electron chi connectivity index (χ3n) is 25.3. The van der Waals surface area contributed by atoms with Gasteiger partial charge in [0.25, 0.3) is 11.6 Å². The number of carbonyl (C=O) groups is 8. The van der Waals surface area contributed by atoms with E-state index in [-0.39, 0.29) is 52.3 Å². The van der Waals surface area contributed by atoms with Gasteiger partial charge in [0.15, 0.2) is 48.5 Å². The smallest absolute Gasteiger partial charge is 0.415 e. The average Bonchev–Trinajstić information content (AvgIpc) is 0.667. The fraction of sp³-hybridized carbons (Fsp3) is 0.595. The van der Waals surface area contributed by atoms with Crippen molar-refractivity contribution in [1.82, 2.24) is 5.32 Å². The maximum Gasteiger partial charge on any atom is 0.415 e. The lowest BCUT2D eigenvalue weighted by Gasteiger charge is -2.67. The predicted octanol–water partition coefficient (Wildman–Crippen LogP) is 14.1. The fourth-order valence-electron chi connectivity index (χ4n) is 15.3. The van der Waals surface area contributed by atoms with Crippen molar-refractivity contribution >= 4 is 92.0 Å². The van der Waals surface area contributed by atoms with E-state index in [2.05, 4.69) is 92.7 Å². The molecule has 0 spiro atoms. The number of hydrogen-bond donors (Lipinski definition) is 3. The molecule has 31 heteroatoms. The Kier molecular flexibility index (Phi) is 26.5. The molecule has 2 amide bonds. The van der Waals surface area contributed by atoms with Crippen molar-refractivity contribution < 1.29 is 109 Å². The van der Waals surface area contributed by atoms with Gasteiger partial charge in [-0.1, -0.05) is 163 Å². The zero-order valence-electron chi connectivity index (χ0n) is 71.2. The van der Waals surface area contributed by atoms with Crippen LogP contribution in [-0.4, -0.2) is 195 Å². The minimum Gasteiger partial charge on any atom is -0.464 e. The molecule has 2 bridgehead atoms. The molecule has 2 saturated heterocycles. The number of fused-ring (bicyclic) bond motifs is 5. The van der Waals surface area contributed by atoms with Crippen molar-refractivity contribution in [2.75, 3.05) is 25.2 Å². The normalized spacial score (nSPS) is 27.6. The number of non-ortho nitro benzene ring substituents is 1. The summed E-state index contributed by atoms with van der Waals surface area (Å²) in [7, 11) is -9.59. The highest BCUT2D eigenvalue weighted by Crippen LogP contribution is 2.65. The van der Waals surface area contributed by atoms with Gasteiger partial charge in [-0.2, -0.15) is 0 Å². The summed E-state index contributed by atoms with van der Waals surface area (Å²) in [5, 5.41) is 41.7. The van der Waals surface area contributed by atoms with Gasteiger partial charge < -0.3 is 71.4 Å². The zero-order valence-corrected chi connectivity index (χ0v) is 75.2. The molecule has 4 fully saturated rings. The van der Waals surface area contributed by atoms with Crippen LogP contribution in [0.1, 0.15) is 149 Å². The van der Waals surface area contributed by atoms with Crippen LogP contribution >= 0.6 is 0 Å². The zero-order chi connectivity index (χ0) is 85.9. The van der Waals surface area contributed by atoms with Crippen molar-refractivity contribution in [3.05, 3.63) is 147 Å². The molecule has 5 aliphatic rings. The van der Waals surface area contributed by atoms with Crippen molar-refractivity contribution in [2.24, 2.45) is 16.7 Å². The Bertz CT molecular complexity index is 4330. The van der Waals surface area contributed by atoms with Crippen molar-refractivity contribution in [3.8, 4) is 5.75 Å². The summed E-state index contributed by atoms with van der Waals surface area (Å²) in [5.41, 5.74) is -9.52. The summed E-state index contributed by atoms with van der Waals surface area (Å²) in [6, 6.07) is 25.8. The van der Waals surface area contributed by atoms with Gasteiger partial charge in [-0.15, -0.1) is 0 Å². The molecule has 3 N–H and O–H groups in total. The quantitative estimate of drug-likeness (QED) is 0.0139. The van der Waals surface area contributed by atoms with E-state index in [0.29, 0.717) is 6.04 Å². The predicted molar refractivity (Wildman–Crippen MR) is 438 cm³/mol. The molecule has 2 heterocycles. The average molecular weight is 1670 g/mol. The molecule has 0 unspecified atom stereocenters. The number of Topliss-reactive ketones (excluding diaryl/α,β-unsaturated/α-hetero) is 1. The minimum atomic E-state index is -3.04. The highest BCUT2D eigenvalue weighted by molar-refractivity contribution is 6.76. The maximum atomic E-state index is 16.4. The molecule has 27 nitrogen and oxygen atoms in total. The van der Waals surface area contributed by atoms with Crippen LogP contribution in [0.5, 0.6) is 5.75 Å². The molecule has 16 atom stereocenters. The second-order valence-corrected chi connectivity index (χ2v) is 57.6. The van der Waals surface area contributed by atoms with Gasteiger partial charge in [-0.25, -0.2) is 19.2 Å². The summed E-state index contributed by atoms with van der Waals surface area (Å²) < 4.78 is 81.1. The maximum absolute atomic E-state index is 16.4. The van der Waals surface area contributed by atoms with Crippen LogP contribution in [0.2, 0.25) is 80.1 Å². The number of rotatable bonds is 25. The van der Waals surface area contributed by atoms with Crippen LogP contribution < -0.4 is 15.0 Å². The van der Waals surface area contributed by atoms with E-state index in [1.807, 2.05) is 33.9 Å². The second kappa shape index (κ2) is 33.5. The number of nitrogens with zero attached hydrogens (tertiary/aromatic N) is 2. The standard InChI is InChI=1S/C84H119N3O24Si4/c1-49-58(47-84(97)71(107-73(93)54-39-33-28-34-40-54)69-82(15,59(90)46-60-83(69,48-101-60)108-51(3)89)70(91)63(102-50(2)88)61(49)81(84,13)14)103-75(95)64(62(52-35-29-26-30-36-52)85-72(92)53-37-31-27-32-38-53)106-77(96)86(16)56-45-55(87(98)99)41-42-57(56)104-76-68(111-115(24,25)80(10,11)12)66(110-114(22,23)79(7,8)9)65(109-113(20,21)78(4,5)6)67(105-76)74(94)100-43-44-112(17,18)19/h26-42,45,58-60,62-69,71,76,90,97H,43-44,46-48H2,1-25H3,(H,85,92)/t58-,59-,60+,62-,63+,64+,65-,66-,67-,68+,69-,71-,76+,82+,83-,84+/m0/s1. The molecule has 0 aromatic heterocycles. The van der Waals surface area contributed by atoms with Gasteiger partial charge in [-0.3, -0.25) is 34.2 Å². The van der Waals surface area contributed by atoms with Crippen molar-refractivity contribution in [2.45, 2.75) is 281 Å². The Hall–Kier alpha value is -7.83. The molecular formula is C84H119N3O24Si4. The lowest BCUT2D eigenvalue weighted by atomic mass is 9.44. The molecule has 9 rings (SSSR count). The third-order valence-corrected chi connectivity index (χ3v) is 40.4. The number of aliphatic hydroxyl groups excluding tert-OH is 1. The van der Waals surface area contributed by atoms with Crippen LogP contribution in [0.25, 0.3) is 0 Å². The van der Waals surface area contributed by atoms with Crippen LogP contribution in [-0.2, 0) is 75.1 Å². The number of ketones is 1. The topological polar surface area (TPSA) is 346 Å². The summed E-state index contributed by atoms with van der Waals surface area (Å²) in [5.74, 6) is -8.84. The first-order valence-electron chi connectivity index (χ1n) is 39.2. The van der Waals surface area contributed by atoms with Crippen molar-refractivity contribution in [3.63, 3.8) is 0 Å². The monoisotopic (exact) mass is 1670 g/mol. The highest BCUT2D eigenvalue weighted by atomic mass is 28.4. The number of aliphatic hydroxyl groups is 2. The van der Waals surface area contributed by atoms with Gasteiger partial charge in [0.05, 0.1) is 46.8 Å². The van der Waals surface area contributed by atoms with Gasteiger partial charge >= 0.3 is 35.9 Å². The molecule has 2 saturated carbocycles. The van der Waals surface area contributed by atoms with Gasteiger partial charge in [0.1, 0.15) is 54.0 Å². The molecular weight excluding hydrogens is 1550 g/mol. The Labute approximate surface area is 679 Å². The number of nitro groups is 1. The molecule has 630 valence electrons. The number of nitro benzene ring substituents is 1. The van der Waals surface area contributed by atoms with E-state index in [9.17, 15) is 39.5 Å². The Morgan fingerprint density at radius 3 is 1.75 bits per heavy atom. The summed E-state index contributed by atoms with van der Waals surface area (Å²) in [6.07, 6.45) is -20.3. The number of benzene rings is 4. The first-order valence-corrected chi connectivity index (χ1v) is 51.7. The van der Waals surface area contributed by atoms with Crippen molar-refractivity contribution in [1.29, 1.82) is 0 Å². The summed E-state index contributed by atoms with van der Waals surface area (Å²) >= 11 is 0. The Morgan fingerprint density at radius 1 is 0.713 bits per heavy atom. The molecule has 4 aromatic carbocycles. The SMILES string of the molecule is CC(=O)O[C@H]1C(=O)[C@@]2(C)[C@H]([C@H](OC(=O)c3ccccc3)[C@]3(O)C[C@H](OC(=O)[C@H](OC(=O)N(C)c4cc([N+](=O)[O-])ccc4O[C@@H]4O[C@H](C(=O)OCC[Si](C)(C)C)[C@@H](O[Si](C)(C)C(C)(C)C)[C@H](O[Si](C)(C)C(C)(C)C)[C@H]4O[Si](C)(C)C(C)(C)C)[C@@H](NC(=O)c4ccccc4)c4ccccc4)C(C)=C1C3(C)C)[C@]1(OC(C)=O)CO[C@@H]1C[C@@H]2O. The molecule has 4 aromatic rings. The molecule has 115 heavy (non-hydrogen) atoms. The minimum absolute atomic E-state index is 0.00509. The van der Waals surface area contributed by atoms with Crippen LogP contribution in [0, 0.1) is 26.9 Å². The van der Waals surface area contributed by atoms with Crippen LogP contribution in [0.15, 0.2) is 120 Å². The molecule has 0 radical (unpaired) electrons. The summed E-state index contributed by atoms with van der Waals surface area (Å²) in [4.78, 5) is 134. The number of nitrogens with one attached hydrogen (secondary N) is 1. The lowest BCUT2D eigenvalue weighted by molar-refractivity contribution is -0.384. The van der Waals surface area contributed by atoms with E-state index in [4.69, 9.17) is 55.9 Å². The molecule has 2 aliphatic heterocycles. The van der Waals surface area contributed by atoms with E-state index in [0.717, 1.165) is 30.9 Å². The highest BCUT2D eigenvalue weighted by Gasteiger charge is 2.79. The number of amides is 2. The fourth-order valence-corrected chi connectivity index (χ4v) is 19.8. The molecule has 3 aliphatic carbocycles. The number of esters is 5. The number of carbonyl (C=O) groups excluding carboxylic acids is 8. The third kappa shape index (κ3) is 18.6. The van der Waals surface area contributed by atoms with Gasteiger partial charge in [0.2, 0.25) is 12.4 Å². The first-order chi connectivity index (χ1) is 53.0. The largest absolute Gasteiger partial charge is 0.464 e. The van der Waals surface area contributed by atoms with E-state index < -0.39 is 221 Å². The summed E-state index contributed by atoms with van der Waals surface area (Å²) in [6.45, 7) is 45.0. The van der Waals surface area contributed by atoms with Crippen LogP contribution in [0.4, 0.5) is 16.2 Å². The van der Waals surface area contributed by atoms with E-state index in [1.165, 1.54) is 77.2 Å². The first kappa shape index (κ1) is 91.1. The van der Waals surface area contributed by atoms with E-state index >= 15 is 19.2 Å². The number of hydrogen-bond acceptors (Lipinski definition) is 24. The van der Waals surface area contributed by atoms with E-state index in [1.54, 1.807) is 54.6 Å². The van der Waals surface area contributed by atoms with Crippen LogP contribution in [0.3, 0.4) is 0 Å². The van der Waals surface area contributed by atoms with Gasteiger partial charge in [0, 0.05) is 64.9 Å². The Balaban J connectivity index is 1.23.